The Labute approximate surface area is 115 Å². The molecular formula is C15H22ClNO. The molecule has 18 heavy (non-hydrogen) atoms. The molecule has 1 saturated carbocycles. The molecule has 1 aliphatic carbocycles. The Hall–Kier alpha value is -0.570. The van der Waals surface area contributed by atoms with Crippen molar-refractivity contribution in [1.82, 2.24) is 5.32 Å². The number of benzene rings is 1. The summed E-state index contributed by atoms with van der Waals surface area (Å²) in [6.45, 7) is 0. The topological polar surface area (TPSA) is 21.3 Å². The third-order valence-electron chi connectivity index (χ3n) is 3.75. The van der Waals surface area contributed by atoms with Crippen molar-refractivity contribution in [2.75, 3.05) is 13.0 Å². The lowest BCUT2D eigenvalue weighted by Gasteiger charge is -2.31. The summed E-state index contributed by atoms with van der Waals surface area (Å²) in [5.41, 5.74) is 1.27. The van der Waals surface area contributed by atoms with Gasteiger partial charge in [0.25, 0.3) is 0 Å². The van der Waals surface area contributed by atoms with Gasteiger partial charge < -0.3 is 10.1 Å². The van der Waals surface area contributed by atoms with Gasteiger partial charge in [0, 0.05) is 25.1 Å². The van der Waals surface area contributed by atoms with Gasteiger partial charge in [0.15, 0.2) is 0 Å². The number of hydrogen-bond donors (Lipinski definition) is 1. The van der Waals surface area contributed by atoms with Crippen molar-refractivity contribution in [1.29, 1.82) is 0 Å². The quantitative estimate of drug-likeness (QED) is 0.825. The van der Waals surface area contributed by atoms with E-state index in [0.717, 1.165) is 6.42 Å². The minimum atomic E-state index is 0.244. The molecule has 1 fully saturated rings. The van der Waals surface area contributed by atoms with E-state index in [0.29, 0.717) is 18.0 Å². The molecular weight excluding hydrogens is 246 g/mol. The molecule has 0 amide bonds. The molecule has 3 unspecified atom stereocenters. The molecule has 1 aromatic carbocycles. The van der Waals surface area contributed by atoms with Crippen LogP contribution in [-0.4, -0.2) is 25.1 Å². The highest BCUT2D eigenvalue weighted by atomic mass is 35.5. The normalized spacial score (nSPS) is 25.9. The average molecular weight is 268 g/mol. The largest absolute Gasteiger partial charge is 0.381 e. The first-order valence-corrected chi connectivity index (χ1v) is 7.26. The van der Waals surface area contributed by atoms with Crippen LogP contribution in [0.5, 0.6) is 0 Å². The van der Waals surface area contributed by atoms with E-state index in [1.165, 1.54) is 24.8 Å². The molecule has 3 heteroatoms. The first-order chi connectivity index (χ1) is 8.83. The molecule has 0 aliphatic heterocycles. The van der Waals surface area contributed by atoms with Crippen LogP contribution in [0.1, 0.15) is 37.3 Å². The standard InChI is InChI=1S/C15H22ClNO/c1-18-14-9-5-8-13(10-14)17-15(11-16)12-6-3-2-4-7-12/h2-4,6-7,13-15,17H,5,8-11H2,1H3. The fraction of sp³-hybridized carbons (Fsp3) is 0.600. The van der Waals surface area contributed by atoms with E-state index in [2.05, 4.69) is 29.6 Å². The minimum Gasteiger partial charge on any atom is -0.381 e. The van der Waals surface area contributed by atoms with E-state index in [4.69, 9.17) is 16.3 Å². The van der Waals surface area contributed by atoms with Crippen molar-refractivity contribution in [3.8, 4) is 0 Å². The summed E-state index contributed by atoms with van der Waals surface area (Å²) in [6, 6.07) is 11.2. The van der Waals surface area contributed by atoms with Crippen LogP contribution >= 0.6 is 11.6 Å². The molecule has 1 aliphatic rings. The van der Waals surface area contributed by atoms with Crippen molar-refractivity contribution < 1.29 is 4.74 Å². The SMILES string of the molecule is COC1CCCC(NC(CCl)c2ccccc2)C1. The van der Waals surface area contributed by atoms with Gasteiger partial charge in [-0.25, -0.2) is 0 Å². The molecule has 2 nitrogen and oxygen atoms in total. The molecule has 0 bridgehead atoms. The van der Waals surface area contributed by atoms with Crippen LogP contribution in [0.15, 0.2) is 30.3 Å². The third-order valence-corrected chi connectivity index (χ3v) is 4.06. The summed E-state index contributed by atoms with van der Waals surface area (Å²) >= 11 is 6.10. The molecule has 0 saturated heterocycles. The van der Waals surface area contributed by atoms with Crippen LogP contribution in [0.3, 0.4) is 0 Å². The van der Waals surface area contributed by atoms with E-state index < -0.39 is 0 Å². The first kappa shape index (κ1) is 13.9. The Bertz CT molecular complexity index is 344. The Kier molecular flexibility index (Phi) is 5.48. The van der Waals surface area contributed by atoms with Crippen molar-refractivity contribution >= 4 is 11.6 Å². The summed E-state index contributed by atoms with van der Waals surface area (Å²) in [5, 5.41) is 3.67. The Balaban J connectivity index is 1.94. The summed E-state index contributed by atoms with van der Waals surface area (Å²) in [5.74, 6) is 0.609. The van der Waals surface area contributed by atoms with Gasteiger partial charge in [0.2, 0.25) is 0 Å². The fourth-order valence-corrected chi connectivity index (χ4v) is 2.98. The zero-order valence-electron chi connectivity index (χ0n) is 10.9. The average Bonchev–Trinajstić information content (AvgIpc) is 2.46. The zero-order chi connectivity index (χ0) is 12.8. The second-order valence-corrected chi connectivity index (χ2v) is 5.31. The minimum absolute atomic E-state index is 0.244. The highest BCUT2D eigenvalue weighted by Gasteiger charge is 2.24. The Morgan fingerprint density at radius 2 is 2.11 bits per heavy atom. The van der Waals surface area contributed by atoms with E-state index in [9.17, 15) is 0 Å². The Morgan fingerprint density at radius 3 is 2.78 bits per heavy atom. The molecule has 100 valence electrons. The molecule has 1 aromatic rings. The fourth-order valence-electron chi connectivity index (χ4n) is 2.71. The summed E-state index contributed by atoms with van der Waals surface area (Å²) in [6.07, 6.45) is 5.14. The van der Waals surface area contributed by atoms with Gasteiger partial charge in [-0.05, 0) is 31.2 Å². The molecule has 0 aromatic heterocycles. The number of hydrogen-bond acceptors (Lipinski definition) is 2. The van der Waals surface area contributed by atoms with Crippen molar-refractivity contribution in [2.24, 2.45) is 0 Å². The predicted octanol–water partition coefficient (Wildman–Crippen LogP) is 3.51. The van der Waals surface area contributed by atoms with Crippen molar-refractivity contribution in [3.05, 3.63) is 35.9 Å². The van der Waals surface area contributed by atoms with E-state index in [-0.39, 0.29) is 6.04 Å². The van der Waals surface area contributed by atoms with Gasteiger partial charge in [0.05, 0.1) is 6.10 Å². The molecule has 1 N–H and O–H groups in total. The molecule has 0 spiro atoms. The maximum absolute atomic E-state index is 6.10. The van der Waals surface area contributed by atoms with E-state index >= 15 is 0 Å². The van der Waals surface area contributed by atoms with E-state index in [1.54, 1.807) is 0 Å². The van der Waals surface area contributed by atoms with Crippen LogP contribution in [0.25, 0.3) is 0 Å². The van der Waals surface area contributed by atoms with Crippen LogP contribution in [-0.2, 0) is 4.74 Å². The van der Waals surface area contributed by atoms with Gasteiger partial charge in [-0.2, -0.15) is 0 Å². The molecule has 2 rings (SSSR count). The van der Waals surface area contributed by atoms with Gasteiger partial charge in [-0.15, -0.1) is 11.6 Å². The van der Waals surface area contributed by atoms with Crippen LogP contribution < -0.4 is 5.32 Å². The Morgan fingerprint density at radius 1 is 1.33 bits per heavy atom. The number of nitrogens with one attached hydrogen (secondary N) is 1. The number of methoxy groups -OCH3 is 1. The van der Waals surface area contributed by atoms with Gasteiger partial charge in [-0.1, -0.05) is 30.3 Å². The van der Waals surface area contributed by atoms with Crippen LogP contribution in [0, 0.1) is 0 Å². The predicted molar refractivity (Wildman–Crippen MR) is 76.1 cm³/mol. The number of alkyl halides is 1. The number of ether oxygens (including phenoxy) is 1. The third kappa shape index (κ3) is 3.71. The maximum Gasteiger partial charge on any atom is 0.0586 e. The lowest BCUT2D eigenvalue weighted by atomic mass is 9.92. The first-order valence-electron chi connectivity index (χ1n) is 6.73. The monoisotopic (exact) mass is 267 g/mol. The lowest BCUT2D eigenvalue weighted by Crippen LogP contribution is -2.39. The molecule has 3 atom stereocenters. The molecule has 0 radical (unpaired) electrons. The second kappa shape index (κ2) is 7.13. The summed E-state index contributed by atoms with van der Waals surface area (Å²) in [4.78, 5) is 0. The van der Waals surface area contributed by atoms with Gasteiger partial charge in [0.1, 0.15) is 0 Å². The van der Waals surface area contributed by atoms with E-state index in [1.807, 2.05) is 13.2 Å². The smallest absolute Gasteiger partial charge is 0.0586 e. The highest BCUT2D eigenvalue weighted by Crippen LogP contribution is 2.24. The van der Waals surface area contributed by atoms with Gasteiger partial charge in [-0.3, -0.25) is 0 Å². The van der Waals surface area contributed by atoms with Crippen molar-refractivity contribution in [2.45, 2.75) is 43.9 Å². The summed E-state index contributed by atoms with van der Waals surface area (Å²) < 4.78 is 5.47. The lowest BCUT2D eigenvalue weighted by molar-refractivity contribution is 0.0573. The maximum atomic E-state index is 6.10. The van der Waals surface area contributed by atoms with Crippen LogP contribution in [0.4, 0.5) is 0 Å². The zero-order valence-corrected chi connectivity index (χ0v) is 11.7. The van der Waals surface area contributed by atoms with Crippen LogP contribution in [0.2, 0.25) is 0 Å². The van der Waals surface area contributed by atoms with Gasteiger partial charge >= 0.3 is 0 Å². The van der Waals surface area contributed by atoms with Crippen molar-refractivity contribution in [3.63, 3.8) is 0 Å². The number of rotatable bonds is 5. The second-order valence-electron chi connectivity index (χ2n) is 5.01. The highest BCUT2D eigenvalue weighted by molar-refractivity contribution is 6.18. The number of halogens is 1. The summed E-state index contributed by atoms with van der Waals surface area (Å²) in [7, 11) is 1.81. The molecule has 0 heterocycles.